The summed E-state index contributed by atoms with van der Waals surface area (Å²) >= 11 is 5.68. The Bertz CT molecular complexity index is 340. The molecule has 0 bridgehead atoms. The van der Waals surface area contributed by atoms with Crippen molar-refractivity contribution >= 4 is 21.7 Å². The molecule has 1 rings (SSSR count). The van der Waals surface area contributed by atoms with Gasteiger partial charge in [-0.15, -0.1) is 0 Å². The molecule has 2 N–H and O–H groups in total. The summed E-state index contributed by atoms with van der Waals surface area (Å²) in [5.41, 5.74) is 2.58. The van der Waals surface area contributed by atoms with Gasteiger partial charge in [0.15, 0.2) is 4.87 Å². The van der Waals surface area contributed by atoms with Gasteiger partial charge in [-0.2, -0.15) is 8.42 Å². The topological polar surface area (TPSA) is 69.6 Å². The van der Waals surface area contributed by atoms with Crippen LogP contribution < -0.4 is 5.43 Å². The number of hydrazine groups is 1. The zero-order valence-electron chi connectivity index (χ0n) is 7.28. The maximum atomic E-state index is 11.0. The lowest BCUT2D eigenvalue weighted by Gasteiger charge is -2.24. The number of hydrogen-bond acceptors (Lipinski definition) is 4. The standard InChI is InChI=1S/C6H11ClN2O3S/c1-3-6(13(10,11)12)4-5(7)9(2)8-6/h4,8H,3H2,1-2H3,(H,10,11,12). The molecule has 13 heavy (non-hydrogen) atoms. The van der Waals surface area contributed by atoms with Gasteiger partial charge in [-0.05, 0) is 12.5 Å². The first-order valence-electron chi connectivity index (χ1n) is 3.69. The minimum Gasteiger partial charge on any atom is -0.299 e. The molecular formula is C6H11ClN2O3S. The molecule has 0 spiro atoms. The van der Waals surface area contributed by atoms with Crippen LogP contribution in [0.1, 0.15) is 13.3 Å². The lowest BCUT2D eigenvalue weighted by Crippen LogP contribution is -2.50. The van der Waals surface area contributed by atoms with Crippen LogP contribution in [-0.4, -0.2) is 29.9 Å². The first-order valence-corrected chi connectivity index (χ1v) is 5.51. The molecule has 0 saturated carbocycles. The van der Waals surface area contributed by atoms with Crippen LogP contribution in [0.4, 0.5) is 0 Å². The summed E-state index contributed by atoms with van der Waals surface area (Å²) in [5.74, 6) is 0. The van der Waals surface area contributed by atoms with Gasteiger partial charge in [0.2, 0.25) is 0 Å². The SMILES string of the molecule is CCC1(S(=O)(=O)O)C=C(Cl)N(C)N1. The molecule has 0 fully saturated rings. The highest BCUT2D eigenvalue weighted by molar-refractivity contribution is 7.87. The maximum Gasteiger partial charge on any atom is 0.289 e. The Hall–Kier alpha value is -0.300. The smallest absolute Gasteiger partial charge is 0.289 e. The van der Waals surface area contributed by atoms with Crippen LogP contribution in [0.25, 0.3) is 0 Å². The summed E-state index contributed by atoms with van der Waals surface area (Å²) in [5, 5.41) is 1.60. The van der Waals surface area contributed by atoms with E-state index in [0.29, 0.717) is 0 Å². The maximum absolute atomic E-state index is 11.0. The normalized spacial score (nSPS) is 29.2. The van der Waals surface area contributed by atoms with Gasteiger partial charge in [-0.25, -0.2) is 5.43 Å². The van der Waals surface area contributed by atoms with Crippen LogP contribution in [0.5, 0.6) is 0 Å². The molecule has 7 heteroatoms. The van der Waals surface area contributed by atoms with E-state index in [4.69, 9.17) is 16.2 Å². The molecule has 0 radical (unpaired) electrons. The van der Waals surface area contributed by atoms with Crippen LogP contribution in [-0.2, 0) is 10.1 Å². The fourth-order valence-electron chi connectivity index (χ4n) is 1.15. The van der Waals surface area contributed by atoms with Crippen molar-refractivity contribution in [3.63, 3.8) is 0 Å². The summed E-state index contributed by atoms with van der Waals surface area (Å²) in [6.07, 6.45) is 1.48. The van der Waals surface area contributed by atoms with Crippen LogP contribution in [0.3, 0.4) is 0 Å². The molecule has 1 atom stereocenters. The van der Waals surface area contributed by atoms with E-state index in [9.17, 15) is 8.42 Å². The van der Waals surface area contributed by atoms with Crippen molar-refractivity contribution in [3.05, 3.63) is 11.2 Å². The van der Waals surface area contributed by atoms with E-state index >= 15 is 0 Å². The zero-order chi connectivity index (χ0) is 10.3. The predicted octanol–water partition coefficient (Wildman–Crippen LogP) is 0.511. The third kappa shape index (κ3) is 1.67. The van der Waals surface area contributed by atoms with E-state index in [0.717, 1.165) is 0 Å². The molecule has 5 nitrogen and oxygen atoms in total. The van der Waals surface area contributed by atoms with Crippen molar-refractivity contribution in [2.24, 2.45) is 0 Å². The molecule has 0 amide bonds. The third-order valence-corrected chi connectivity index (χ3v) is 3.80. The van der Waals surface area contributed by atoms with E-state index in [1.165, 1.54) is 11.1 Å². The van der Waals surface area contributed by atoms with E-state index in [1.807, 2.05) is 0 Å². The van der Waals surface area contributed by atoms with Gasteiger partial charge < -0.3 is 0 Å². The monoisotopic (exact) mass is 226 g/mol. The van der Waals surface area contributed by atoms with Gasteiger partial charge in [0.25, 0.3) is 10.1 Å². The minimum atomic E-state index is -4.19. The van der Waals surface area contributed by atoms with Gasteiger partial charge in [-0.3, -0.25) is 9.56 Å². The van der Waals surface area contributed by atoms with Crippen molar-refractivity contribution in [2.45, 2.75) is 18.2 Å². The second-order valence-electron chi connectivity index (χ2n) is 2.86. The molecule has 0 aromatic heterocycles. The van der Waals surface area contributed by atoms with Crippen molar-refractivity contribution in [1.29, 1.82) is 0 Å². The van der Waals surface area contributed by atoms with E-state index in [-0.39, 0.29) is 11.6 Å². The van der Waals surface area contributed by atoms with Crippen LogP contribution in [0.15, 0.2) is 11.2 Å². The Balaban J connectivity index is 3.15. The molecule has 0 aliphatic carbocycles. The third-order valence-electron chi connectivity index (χ3n) is 2.02. The lowest BCUT2D eigenvalue weighted by atomic mass is 10.2. The minimum absolute atomic E-state index is 0.201. The van der Waals surface area contributed by atoms with Crippen molar-refractivity contribution in [2.75, 3.05) is 7.05 Å². The lowest BCUT2D eigenvalue weighted by molar-refractivity contribution is 0.280. The summed E-state index contributed by atoms with van der Waals surface area (Å²) in [6, 6.07) is 0. The van der Waals surface area contributed by atoms with Crippen LogP contribution >= 0.6 is 11.6 Å². The van der Waals surface area contributed by atoms with E-state index in [2.05, 4.69) is 5.43 Å². The van der Waals surface area contributed by atoms with Crippen LogP contribution in [0.2, 0.25) is 0 Å². The zero-order valence-corrected chi connectivity index (χ0v) is 8.85. The Morgan fingerprint density at radius 1 is 1.77 bits per heavy atom. The second kappa shape index (κ2) is 3.13. The number of rotatable bonds is 2. The Labute approximate surface area is 82.1 Å². The first-order chi connectivity index (χ1) is 5.82. The van der Waals surface area contributed by atoms with Gasteiger partial charge in [-0.1, -0.05) is 18.5 Å². The Morgan fingerprint density at radius 3 is 2.46 bits per heavy atom. The van der Waals surface area contributed by atoms with Gasteiger partial charge in [0.1, 0.15) is 5.16 Å². The van der Waals surface area contributed by atoms with Crippen molar-refractivity contribution in [3.8, 4) is 0 Å². The first kappa shape index (κ1) is 10.8. The molecular weight excluding hydrogens is 216 g/mol. The van der Waals surface area contributed by atoms with Crippen molar-refractivity contribution < 1.29 is 13.0 Å². The molecule has 0 saturated heterocycles. The highest BCUT2D eigenvalue weighted by atomic mass is 35.5. The van der Waals surface area contributed by atoms with Gasteiger partial charge in [0, 0.05) is 7.05 Å². The molecule has 1 heterocycles. The second-order valence-corrected chi connectivity index (χ2v) is 4.92. The highest BCUT2D eigenvalue weighted by Gasteiger charge is 2.44. The average Bonchev–Trinajstić information content (AvgIpc) is 2.28. The summed E-state index contributed by atoms with van der Waals surface area (Å²) in [4.78, 5) is -1.47. The molecule has 1 aliphatic rings. The quantitative estimate of drug-likeness (QED) is 0.531. The number of nitrogens with one attached hydrogen (secondary N) is 1. The van der Waals surface area contributed by atoms with Crippen LogP contribution in [0, 0.1) is 0 Å². The number of nitrogens with zero attached hydrogens (tertiary/aromatic N) is 1. The van der Waals surface area contributed by atoms with Gasteiger partial charge >= 0.3 is 0 Å². The number of hydrogen-bond donors (Lipinski definition) is 2. The predicted molar refractivity (Wildman–Crippen MR) is 49.4 cm³/mol. The Kier molecular flexibility index (Phi) is 2.59. The summed E-state index contributed by atoms with van der Waals surface area (Å²) in [6.45, 7) is 1.64. The molecule has 1 aliphatic heterocycles. The largest absolute Gasteiger partial charge is 0.299 e. The van der Waals surface area contributed by atoms with Gasteiger partial charge in [0.05, 0.1) is 0 Å². The summed E-state index contributed by atoms with van der Waals surface area (Å²) < 4.78 is 31.1. The van der Waals surface area contributed by atoms with E-state index < -0.39 is 15.0 Å². The number of halogens is 1. The molecule has 0 aromatic rings. The highest BCUT2D eigenvalue weighted by Crippen LogP contribution is 2.29. The molecule has 76 valence electrons. The fourth-order valence-corrected chi connectivity index (χ4v) is 2.33. The molecule has 1 unspecified atom stereocenters. The fraction of sp³-hybridized carbons (Fsp3) is 0.667. The van der Waals surface area contributed by atoms with Crippen molar-refractivity contribution in [1.82, 2.24) is 10.4 Å². The average molecular weight is 227 g/mol. The summed E-state index contributed by atoms with van der Waals surface area (Å²) in [7, 11) is -2.62. The molecule has 0 aromatic carbocycles. The van der Waals surface area contributed by atoms with E-state index in [1.54, 1.807) is 14.0 Å². The Morgan fingerprint density at radius 2 is 2.31 bits per heavy atom.